The lowest BCUT2D eigenvalue weighted by molar-refractivity contribution is -0.144. The van der Waals surface area contributed by atoms with Crippen LogP contribution in [0.25, 0.3) is 0 Å². The number of carbonyl (C=O) groups is 1. The van der Waals surface area contributed by atoms with Gasteiger partial charge < -0.3 is 21.5 Å². The zero-order valence-corrected chi connectivity index (χ0v) is 14.0. The molecule has 0 amide bonds. The van der Waals surface area contributed by atoms with E-state index in [2.05, 4.69) is 14.9 Å². The minimum Gasteiger partial charge on any atom is -0.481 e. The number of nitrogens with two attached hydrogens (primary N) is 2. The van der Waals surface area contributed by atoms with Crippen LogP contribution in [0.1, 0.15) is 37.9 Å². The van der Waals surface area contributed by atoms with Crippen LogP contribution >= 0.6 is 0 Å². The highest BCUT2D eigenvalue weighted by Crippen LogP contribution is 2.40. The summed E-state index contributed by atoms with van der Waals surface area (Å²) in [6.45, 7) is 2.70. The lowest BCUT2D eigenvalue weighted by Crippen LogP contribution is -2.50. The van der Waals surface area contributed by atoms with Gasteiger partial charge in [-0.15, -0.1) is 0 Å². The van der Waals surface area contributed by atoms with Crippen LogP contribution in [-0.2, 0) is 10.3 Å². The van der Waals surface area contributed by atoms with Gasteiger partial charge >= 0.3 is 5.97 Å². The molecule has 1 aliphatic heterocycles. The van der Waals surface area contributed by atoms with E-state index < -0.39 is 5.97 Å². The lowest BCUT2D eigenvalue weighted by Gasteiger charge is -2.34. The topological polar surface area (TPSA) is 118 Å². The van der Waals surface area contributed by atoms with Crippen molar-refractivity contribution in [1.29, 1.82) is 0 Å². The fourth-order valence-corrected chi connectivity index (χ4v) is 3.04. The van der Waals surface area contributed by atoms with Crippen LogP contribution < -0.4 is 11.5 Å². The van der Waals surface area contributed by atoms with Gasteiger partial charge in [-0.1, -0.05) is 0 Å². The Balaban J connectivity index is 0.000000149. The summed E-state index contributed by atoms with van der Waals surface area (Å²) in [4.78, 5) is 21.3. The van der Waals surface area contributed by atoms with Gasteiger partial charge in [0.25, 0.3) is 0 Å². The SMILES string of the molecule is NC1(c2ncccn2)CC1.N[C@H]1CCN(CC2CC2)C[C@@H]1C(=O)O. The van der Waals surface area contributed by atoms with Crippen LogP contribution in [-0.4, -0.2) is 51.6 Å². The molecule has 1 aromatic heterocycles. The Bertz CT molecular complexity index is 559. The zero-order valence-electron chi connectivity index (χ0n) is 14.0. The first kappa shape index (κ1) is 17.3. The highest BCUT2D eigenvalue weighted by molar-refractivity contribution is 5.71. The molecule has 1 saturated heterocycles. The number of carboxylic acids is 1. The molecule has 2 heterocycles. The number of aliphatic carboxylic acids is 1. The van der Waals surface area contributed by atoms with Crippen LogP contribution in [0.4, 0.5) is 0 Å². The number of likely N-dealkylation sites (tertiary alicyclic amines) is 1. The maximum Gasteiger partial charge on any atom is 0.309 e. The summed E-state index contributed by atoms with van der Waals surface area (Å²) in [6.07, 6.45) is 8.98. The van der Waals surface area contributed by atoms with E-state index in [1.54, 1.807) is 18.5 Å². The molecule has 0 unspecified atom stereocenters. The number of hydrogen-bond donors (Lipinski definition) is 3. The van der Waals surface area contributed by atoms with E-state index in [-0.39, 0.29) is 17.5 Å². The predicted molar refractivity (Wildman–Crippen MR) is 90.0 cm³/mol. The predicted octanol–water partition coefficient (Wildman–Crippen LogP) is 0.555. The molecule has 4 rings (SSSR count). The molecule has 3 aliphatic rings. The number of nitrogens with zero attached hydrogens (tertiary/aromatic N) is 3. The fourth-order valence-electron chi connectivity index (χ4n) is 3.04. The second-order valence-electron chi connectivity index (χ2n) is 7.33. The quantitative estimate of drug-likeness (QED) is 0.736. The summed E-state index contributed by atoms with van der Waals surface area (Å²) < 4.78 is 0. The molecular weight excluding hydrogens is 306 g/mol. The van der Waals surface area contributed by atoms with Gasteiger partial charge in [0.1, 0.15) is 5.82 Å². The molecule has 1 aromatic rings. The Hall–Kier alpha value is -1.57. The minimum atomic E-state index is -0.738. The van der Waals surface area contributed by atoms with Gasteiger partial charge in [0.2, 0.25) is 0 Å². The van der Waals surface area contributed by atoms with Gasteiger partial charge in [0.05, 0.1) is 11.5 Å². The van der Waals surface area contributed by atoms with Crippen LogP contribution in [0.15, 0.2) is 18.5 Å². The van der Waals surface area contributed by atoms with Crippen molar-refractivity contribution in [3.63, 3.8) is 0 Å². The second kappa shape index (κ2) is 7.13. The Morgan fingerprint density at radius 2 is 1.96 bits per heavy atom. The third-order valence-electron chi connectivity index (χ3n) is 5.08. The average molecular weight is 333 g/mol. The summed E-state index contributed by atoms with van der Waals surface area (Å²) in [5.41, 5.74) is 11.4. The van der Waals surface area contributed by atoms with Crippen molar-refractivity contribution in [3.8, 4) is 0 Å². The molecule has 7 heteroatoms. The standard InChI is InChI=1S/C10H18N2O2.C7H9N3/c11-9-3-4-12(5-7-1-2-7)6-8(9)10(13)14;8-7(2-3-7)6-9-4-1-5-10-6/h7-9H,1-6,11H2,(H,13,14);1,4-5H,2-3,8H2/t8-,9-;/m0./s1. The van der Waals surface area contributed by atoms with Crippen LogP contribution in [0.5, 0.6) is 0 Å². The van der Waals surface area contributed by atoms with Gasteiger partial charge in [-0.25, -0.2) is 9.97 Å². The average Bonchev–Trinajstić information content (AvgIpc) is 3.50. The van der Waals surface area contributed by atoms with Gasteiger partial charge in [0, 0.05) is 31.5 Å². The van der Waals surface area contributed by atoms with Crippen molar-refractivity contribution in [2.45, 2.75) is 43.7 Å². The van der Waals surface area contributed by atoms with Crippen molar-refractivity contribution in [2.75, 3.05) is 19.6 Å². The van der Waals surface area contributed by atoms with Crippen molar-refractivity contribution in [2.24, 2.45) is 23.3 Å². The van der Waals surface area contributed by atoms with E-state index in [1.807, 2.05) is 0 Å². The number of piperidine rings is 1. The van der Waals surface area contributed by atoms with Gasteiger partial charge in [-0.05, 0) is 50.6 Å². The van der Waals surface area contributed by atoms with Crippen molar-refractivity contribution < 1.29 is 9.90 Å². The molecule has 2 atom stereocenters. The van der Waals surface area contributed by atoms with Gasteiger partial charge in [0.15, 0.2) is 0 Å². The fraction of sp³-hybridized carbons (Fsp3) is 0.706. The van der Waals surface area contributed by atoms with Crippen LogP contribution in [0.2, 0.25) is 0 Å². The number of aromatic nitrogens is 2. The molecule has 3 fully saturated rings. The van der Waals surface area contributed by atoms with Gasteiger partial charge in [-0.3, -0.25) is 4.79 Å². The number of hydrogen-bond acceptors (Lipinski definition) is 6. The van der Waals surface area contributed by atoms with Crippen LogP contribution in [0, 0.1) is 11.8 Å². The summed E-state index contributed by atoms with van der Waals surface area (Å²) in [5, 5.41) is 8.97. The molecule has 132 valence electrons. The summed E-state index contributed by atoms with van der Waals surface area (Å²) in [7, 11) is 0. The third-order valence-corrected chi connectivity index (χ3v) is 5.08. The Labute approximate surface area is 142 Å². The smallest absolute Gasteiger partial charge is 0.309 e. The minimum absolute atomic E-state index is 0.150. The first-order valence-electron chi connectivity index (χ1n) is 8.75. The van der Waals surface area contributed by atoms with E-state index in [0.717, 1.165) is 44.1 Å². The van der Waals surface area contributed by atoms with Crippen molar-refractivity contribution in [3.05, 3.63) is 24.3 Å². The van der Waals surface area contributed by atoms with E-state index in [4.69, 9.17) is 16.6 Å². The summed E-state index contributed by atoms with van der Waals surface area (Å²) in [6, 6.07) is 1.65. The molecule has 7 nitrogen and oxygen atoms in total. The highest BCUT2D eigenvalue weighted by Gasteiger charge is 2.42. The van der Waals surface area contributed by atoms with Crippen LogP contribution in [0.3, 0.4) is 0 Å². The maximum atomic E-state index is 10.9. The van der Waals surface area contributed by atoms with Crippen molar-refractivity contribution in [1.82, 2.24) is 14.9 Å². The van der Waals surface area contributed by atoms with Crippen molar-refractivity contribution >= 4 is 5.97 Å². The van der Waals surface area contributed by atoms with E-state index in [1.165, 1.54) is 12.8 Å². The number of rotatable bonds is 4. The molecule has 24 heavy (non-hydrogen) atoms. The highest BCUT2D eigenvalue weighted by atomic mass is 16.4. The second-order valence-corrected chi connectivity index (χ2v) is 7.33. The Morgan fingerprint density at radius 1 is 1.29 bits per heavy atom. The molecule has 5 N–H and O–H groups in total. The number of carboxylic acid groups (broad SMARTS) is 1. The summed E-state index contributed by atoms with van der Waals surface area (Å²) >= 11 is 0. The largest absolute Gasteiger partial charge is 0.481 e. The first-order valence-corrected chi connectivity index (χ1v) is 8.75. The molecule has 0 radical (unpaired) electrons. The zero-order chi connectivity index (χ0) is 17.2. The normalized spacial score (nSPS) is 28.6. The molecule has 2 saturated carbocycles. The maximum absolute atomic E-state index is 10.9. The lowest BCUT2D eigenvalue weighted by atomic mass is 9.93. The van der Waals surface area contributed by atoms with E-state index >= 15 is 0 Å². The third kappa shape index (κ3) is 4.49. The first-order chi connectivity index (χ1) is 11.5. The van der Waals surface area contributed by atoms with E-state index in [0.29, 0.717) is 6.54 Å². The summed E-state index contributed by atoms with van der Waals surface area (Å²) in [5.74, 6) is 0.522. The molecule has 0 bridgehead atoms. The Morgan fingerprint density at radius 3 is 2.50 bits per heavy atom. The Kier molecular flexibility index (Phi) is 5.12. The molecule has 2 aliphatic carbocycles. The monoisotopic (exact) mass is 333 g/mol. The molecule has 0 spiro atoms. The molecule has 0 aromatic carbocycles. The van der Waals surface area contributed by atoms with E-state index in [9.17, 15) is 4.79 Å². The van der Waals surface area contributed by atoms with Gasteiger partial charge in [-0.2, -0.15) is 0 Å². The molecular formula is C17H27N5O2.